The number of hydrogen-bond acceptors (Lipinski definition) is 4. The summed E-state index contributed by atoms with van der Waals surface area (Å²) in [6.45, 7) is 8.28. The molecule has 0 fully saturated rings. The van der Waals surface area contributed by atoms with Crippen LogP contribution in [0.4, 0.5) is 0 Å². The van der Waals surface area contributed by atoms with Crippen LogP contribution >= 0.6 is 0 Å². The van der Waals surface area contributed by atoms with E-state index in [2.05, 4.69) is 38.2 Å². The minimum atomic E-state index is -0.962. The summed E-state index contributed by atoms with van der Waals surface area (Å²) in [4.78, 5) is 12.0. The Morgan fingerprint density at radius 1 is 1.00 bits per heavy atom. The van der Waals surface area contributed by atoms with E-state index >= 15 is 0 Å². The molecule has 1 unspecified atom stereocenters. The highest BCUT2D eigenvalue weighted by molar-refractivity contribution is 5.88. The smallest absolute Gasteiger partial charge is 0.244 e. The fourth-order valence-corrected chi connectivity index (χ4v) is 2.65. The summed E-state index contributed by atoms with van der Waals surface area (Å²) in [6, 6.07) is 4.08. The highest BCUT2D eigenvalue weighted by Gasteiger charge is 2.11. The standard InChI is InChI=1S/C23H33NO4/c1-16(2)7-5-8-17(3)9-6-10-18(4)13-23(28)24-15-22(27)19-11-12-20(25)21(26)14-19/h7,9,11-14,22,25-27H,5-6,8,10,15H2,1-4H3,(H,24,28). The molecule has 1 aromatic rings. The van der Waals surface area contributed by atoms with E-state index < -0.39 is 6.10 Å². The van der Waals surface area contributed by atoms with Crippen LogP contribution in [0, 0.1) is 0 Å². The number of phenolic OH excluding ortho intramolecular Hbond substituents is 2. The van der Waals surface area contributed by atoms with Gasteiger partial charge in [-0.25, -0.2) is 0 Å². The molecule has 0 spiro atoms. The molecule has 4 N–H and O–H groups in total. The molecule has 0 radical (unpaired) electrons. The Bertz CT molecular complexity index is 743. The van der Waals surface area contributed by atoms with Gasteiger partial charge in [-0.1, -0.05) is 34.9 Å². The number of hydrogen-bond donors (Lipinski definition) is 4. The minimum Gasteiger partial charge on any atom is -0.504 e. The Kier molecular flexibility index (Phi) is 10.1. The number of phenols is 2. The molecule has 0 saturated carbocycles. The zero-order chi connectivity index (χ0) is 21.1. The first kappa shape index (κ1) is 23.5. The molecule has 0 aliphatic rings. The maximum absolute atomic E-state index is 12.0. The van der Waals surface area contributed by atoms with Crippen molar-refractivity contribution in [3.05, 3.63) is 58.7 Å². The van der Waals surface area contributed by atoms with E-state index in [4.69, 9.17) is 0 Å². The first-order valence-electron chi connectivity index (χ1n) is 9.63. The molecule has 5 heteroatoms. The van der Waals surface area contributed by atoms with Gasteiger partial charge in [0.05, 0.1) is 6.10 Å². The van der Waals surface area contributed by atoms with Crippen molar-refractivity contribution in [2.75, 3.05) is 6.54 Å². The van der Waals surface area contributed by atoms with Crippen molar-refractivity contribution in [3.8, 4) is 11.5 Å². The quantitative estimate of drug-likeness (QED) is 0.267. The molecule has 28 heavy (non-hydrogen) atoms. The number of benzene rings is 1. The largest absolute Gasteiger partial charge is 0.504 e. The maximum Gasteiger partial charge on any atom is 0.244 e. The van der Waals surface area contributed by atoms with Crippen molar-refractivity contribution >= 4 is 5.91 Å². The summed E-state index contributed by atoms with van der Waals surface area (Å²) < 4.78 is 0. The molecular formula is C23H33NO4. The fourth-order valence-electron chi connectivity index (χ4n) is 2.65. The molecule has 154 valence electrons. The number of amides is 1. The van der Waals surface area contributed by atoms with E-state index in [0.29, 0.717) is 5.56 Å². The first-order chi connectivity index (χ1) is 13.2. The predicted molar refractivity (Wildman–Crippen MR) is 113 cm³/mol. The SMILES string of the molecule is CC(C)=CCCC(C)=CCCC(C)=CC(=O)NCC(O)c1ccc(O)c(O)c1. The highest BCUT2D eigenvalue weighted by Crippen LogP contribution is 2.27. The van der Waals surface area contributed by atoms with Gasteiger partial charge < -0.3 is 20.6 Å². The number of carbonyl (C=O) groups excluding carboxylic acids is 1. The van der Waals surface area contributed by atoms with Gasteiger partial charge in [-0.3, -0.25) is 4.79 Å². The van der Waals surface area contributed by atoms with Crippen molar-refractivity contribution in [1.29, 1.82) is 0 Å². The van der Waals surface area contributed by atoms with Crippen LogP contribution in [0.5, 0.6) is 11.5 Å². The van der Waals surface area contributed by atoms with Gasteiger partial charge >= 0.3 is 0 Å². The topological polar surface area (TPSA) is 89.8 Å². The maximum atomic E-state index is 12.0. The number of aromatic hydroxyl groups is 2. The molecule has 1 atom stereocenters. The lowest BCUT2D eigenvalue weighted by Gasteiger charge is -2.12. The lowest BCUT2D eigenvalue weighted by atomic mass is 10.1. The molecule has 5 nitrogen and oxygen atoms in total. The van der Waals surface area contributed by atoms with Crippen molar-refractivity contribution in [2.45, 2.75) is 59.5 Å². The second kappa shape index (κ2) is 12.0. The average Bonchev–Trinajstić information content (AvgIpc) is 2.61. The Balaban J connectivity index is 2.40. The monoisotopic (exact) mass is 387 g/mol. The van der Waals surface area contributed by atoms with Gasteiger partial charge in [-0.2, -0.15) is 0 Å². The zero-order valence-corrected chi connectivity index (χ0v) is 17.3. The third kappa shape index (κ3) is 9.42. The lowest BCUT2D eigenvalue weighted by Crippen LogP contribution is -2.27. The number of rotatable bonds is 10. The number of aliphatic hydroxyl groups is 1. The van der Waals surface area contributed by atoms with Crippen LogP contribution in [0.3, 0.4) is 0 Å². The third-order valence-corrected chi connectivity index (χ3v) is 4.35. The fraction of sp³-hybridized carbons (Fsp3) is 0.435. The molecule has 0 saturated heterocycles. The van der Waals surface area contributed by atoms with Crippen LogP contribution in [0.15, 0.2) is 53.1 Å². The van der Waals surface area contributed by atoms with Gasteiger partial charge in [0, 0.05) is 12.6 Å². The molecule has 1 aromatic carbocycles. The van der Waals surface area contributed by atoms with Crippen LogP contribution < -0.4 is 5.32 Å². The van der Waals surface area contributed by atoms with Gasteiger partial charge in [0.15, 0.2) is 11.5 Å². The summed E-state index contributed by atoms with van der Waals surface area (Å²) >= 11 is 0. The Morgan fingerprint density at radius 2 is 1.64 bits per heavy atom. The van der Waals surface area contributed by atoms with Crippen molar-refractivity contribution < 1.29 is 20.1 Å². The van der Waals surface area contributed by atoms with E-state index in [0.717, 1.165) is 31.3 Å². The van der Waals surface area contributed by atoms with E-state index in [1.54, 1.807) is 6.08 Å². The van der Waals surface area contributed by atoms with Crippen molar-refractivity contribution in [1.82, 2.24) is 5.32 Å². The number of aliphatic hydroxyl groups excluding tert-OH is 1. The summed E-state index contributed by atoms with van der Waals surface area (Å²) in [5.41, 5.74) is 4.09. The van der Waals surface area contributed by atoms with Crippen LogP contribution in [0.2, 0.25) is 0 Å². The van der Waals surface area contributed by atoms with Gasteiger partial charge in [-0.15, -0.1) is 0 Å². The Labute approximate surface area is 168 Å². The highest BCUT2D eigenvalue weighted by atomic mass is 16.3. The van der Waals surface area contributed by atoms with E-state index in [1.807, 2.05) is 6.92 Å². The molecule has 1 amide bonds. The molecular weight excluding hydrogens is 354 g/mol. The van der Waals surface area contributed by atoms with Gasteiger partial charge in [0.25, 0.3) is 0 Å². The number of carbonyl (C=O) groups is 1. The van der Waals surface area contributed by atoms with Gasteiger partial charge in [0.1, 0.15) is 0 Å². The van der Waals surface area contributed by atoms with Crippen LogP contribution in [-0.4, -0.2) is 27.8 Å². The average molecular weight is 388 g/mol. The summed E-state index contributed by atoms with van der Waals surface area (Å²) in [6.07, 6.45) is 8.86. The molecule has 0 aliphatic carbocycles. The summed E-state index contributed by atoms with van der Waals surface area (Å²) in [5, 5.41) is 31.5. The zero-order valence-electron chi connectivity index (χ0n) is 17.3. The second-order valence-corrected chi connectivity index (χ2v) is 7.41. The Morgan fingerprint density at radius 3 is 2.29 bits per heavy atom. The lowest BCUT2D eigenvalue weighted by molar-refractivity contribution is -0.117. The van der Waals surface area contributed by atoms with Crippen LogP contribution in [0.25, 0.3) is 0 Å². The third-order valence-electron chi connectivity index (χ3n) is 4.35. The van der Waals surface area contributed by atoms with Gasteiger partial charge in [0.2, 0.25) is 5.91 Å². The van der Waals surface area contributed by atoms with E-state index in [-0.39, 0.29) is 24.0 Å². The summed E-state index contributed by atoms with van der Waals surface area (Å²) in [5.74, 6) is -0.814. The molecule has 0 bridgehead atoms. The molecule has 0 heterocycles. The van der Waals surface area contributed by atoms with Crippen LogP contribution in [-0.2, 0) is 4.79 Å². The van der Waals surface area contributed by atoms with Crippen LogP contribution in [0.1, 0.15) is 65.0 Å². The summed E-state index contributed by atoms with van der Waals surface area (Å²) in [7, 11) is 0. The number of allylic oxidation sites excluding steroid dienone is 5. The predicted octanol–water partition coefficient (Wildman–Crippen LogP) is 4.67. The first-order valence-corrected chi connectivity index (χ1v) is 9.63. The van der Waals surface area contributed by atoms with E-state index in [9.17, 15) is 20.1 Å². The second-order valence-electron chi connectivity index (χ2n) is 7.41. The molecule has 1 rings (SSSR count). The van der Waals surface area contributed by atoms with E-state index in [1.165, 1.54) is 29.3 Å². The molecule has 0 aromatic heterocycles. The number of nitrogens with one attached hydrogen (secondary N) is 1. The van der Waals surface area contributed by atoms with Crippen molar-refractivity contribution in [3.63, 3.8) is 0 Å². The Hall–Kier alpha value is -2.53. The van der Waals surface area contributed by atoms with Crippen molar-refractivity contribution in [2.24, 2.45) is 0 Å². The van der Waals surface area contributed by atoms with Gasteiger partial charge in [-0.05, 0) is 71.1 Å². The molecule has 0 aliphatic heterocycles. The minimum absolute atomic E-state index is 0.0240. The normalized spacial score (nSPS) is 13.2.